The molecule has 2 heterocycles. The van der Waals surface area contributed by atoms with Crippen molar-refractivity contribution >= 4 is 22.1 Å². The molecule has 0 saturated carbocycles. The summed E-state index contributed by atoms with van der Waals surface area (Å²) in [6.07, 6.45) is 3.81. The molecule has 0 aliphatic carbocycles. The second-order valence-electron chi connectivity index (χ2n) is 4.36. The Bertz CT molecular complexity index is 731. The highest BCUT2D eigenvalue weighted by Crippen LogP contribution is 2.16. The van der Waals surface area contributed by atoms with Crippen LogP contribution in [-0.2, 0) is 6.42 Å². The minimum atomic E-state index is -0.437. The number of thiazole rings is 1. The van der Waals surface area contributed by atoms with Crippen molar-refractivity contribution < 1.29 is 9.18 Å². The summed E-state index contributed by atoms with van der Waals surface area (Å²) in [4.78, 5) is 17.3. The lowest BCUT2D eigenvalue weighted by molar-refractivity contribution is 0.0988. The Balaban J connectivity index is 1.88. The third kappa shape index (κ3) is 2.17. The van der Waals surface area contributed by atoms with E-state index < -0.39 is 5.82 Å². The van der Waals surface area contributed by atoms with E-state index in [0.29, 0.717) is 11.3 Å². The Morgan fingerprint density at radius 3 is 3.11 bits per heavy atom. The molecule has 0 fully saturated rings. The average molecular weight is 274 g/mol. The van der Waals surface area contributed by atoms with Crippen LogP contribution in [0.1, 0.15) is 21.6 Å². The summed E-state index contributed by atoms with van der Waals surface area (Å²) in [7, 11) is 0. The average Bonchev–Trinajstić information content (AvgIpc) is 2.93. The molecule has 0 spiro atoms. The fourth-order valence-corrected chi connectivity index (χ4v) is 2.70. The lowest BCUT2D eigenvalue weighted by Gasteiger charge is -2.03. The normalized spacial score (nSPS) is 11.1. The molecule has 0 saturated heterocycles. The van der Waals surface area contributed by atoms with Gasteiger partial charge in [0.05, 0.1) is 17.7 Å². The second-order valence-corrected chi connectivity index (χ2v) is 5.23. The lowest BCUT2D eigenvalue weighted by atomic mass is 10.0. The summed E-state index contributed by atoms with van der Waals surface area (Å²) in [6.45, 7) is 1.65. The molecule has 19 heavy (non-hydrogen) atoms. The molecule has 0 aliphatic rings. The van der Waals surface area contributed by atoms with E-state index in [0.717, 1.165) is 4.96 Å². The number of aromatic nitrogens is 2. The molecular weight excluding hydrogens is 263 g/mol. The molecule has 0 aliphatic heterocycles. The molecule has 0 unspecified atom stereocenters. The van der Waals surface area contributed by atoms with Crippen molar-refractivity contribution in [3.05, 3.63) is 58.6 Å². The number of imidazole rings is 1. The van der Waals surface area contributed by atoms with Gasteiger partial charge in [0, 0.05) is 17.8 Å². The molecule has 96 valence electrons. The molecule has 3 rings (SSSR count). The third-order valence-corrected chi connectivity index (χ3v) is 3.75. The van der Waals surface area contributed by atoms with Crippen LogP contribution in [-0.4, -0.2) is 15.2 Å². The van der Waals surface area contributed by atoms with E-state index in [2.05, 4.69) is 4.98 Å². The summed E-state index contributed by atoms with van der Waals surface area (Å²) in [6, 6.07) is 4.86. The predicted octanol–water partition coefficient (Wildman–Crippen LogP) is 3.27. The zero-order valence-electron chi connectivity index (χ0n) is 10.3. The molecule has 1 aromatic carbocycles. The smallest absolute Gasteiger partial charge is 0.193 e. The van der Waals surface area contributed by atoms with Crippen molar-refractivity contribution in [3.63, 3.8) is 0 Å². The highest BCUT2D eigenvalue weighted by Gasteiger charge is 2.15. The van der Waals surface area contributed by atoms with Crippen LogP contribution in [0.15, 0.2) is 36.0 Å². The maximum atomic E-state index is 13.9. The predicted molar refractivity (Wildman–Crippen MR) is 72.2 cm³/mol. The van der Waals surface area contributed by atoms with Crippen molar-refractivity contribution in [1.82, 2.24) is 9.38 Å². The molecule has 0 radical (unpaired) electrons. The van der Waals surface area contributed by atoms with E-state index in [1.54, 1.807) is 25.3 Å². The summed E-state index contributed by atoms with van der Waals surface area (Å²) >= 11 is 1.50. The highest BCUT2D eigenvalue weighted by molar-refractivity contribution is 7.15. The van der Waals surface area contributed by atoms with Gasteiger partial charge < -0.3 is 0 Å². The fraction of sp³-hybridized carbons (Fsp3) is 0.143. The number of carbonyl (C=O) groups excluding carboxylic acids is 1. The van der Waals surface area contributed by atoms with E-state index in [9.17, 15) is 9.18 Å². The van der Waals surface area contributed by atoms with Gasteiger partial charge in [-0.05, 0) is 18.6 Å². The fourth-order valence-electron chi connectivity index (χ4n) is 1.98. The molecule has 2 aromatic heterocycles. The number of hydrogen-bond donors (Lipinski definition) is 0. The molecule has 3 nitrogen and oxygen atoms in total. The molecule has 0 amide bonds. The van der Waals surface area contributed by atoms with Crippen LogP contribution in [0.3, 0.4) is 0 Å². The molecule has 0 N–H and O–H groups in total. The number of halogens is 1. The van der Waals surface area contributed by atoms with Gasteiger partial charge in [-0.2, -0.15) is 0 Å². The molecule has 0 bridgehead atoms. The van der Waals surface area contributed by atoms with Crippen molar-refractivity contribution in [2.45, 2.75) is 13.3 Å². The van der Waals surface area contributed by atoms with Gasteiger partial charge in [0.15, 0.2) is 10.7 Å². The van der Waals surface area contributed by atoms with Crippen LogP contribution in [0.5, 0.6) is 0 Å². The van der Waals surface area contributed by atoms with Crippen molar-refractivity contribution in [1.29, 1.82) is 0 Å². The number of rotatable bonds is 3. The van der Waals surface area contributed by atoms with Crippen LogP contribution < -0.4 is 0 Å². The van der Waals surface area contributed by atoms with Gasteiger partial charge in [-0.3, -0.25) is 9.20 Å². The van der Waals surface area contributed by atoms with Gasteiger partial charge in [-0.25, -0.2) is 9.37 Å². The SMILES string of the molecule is Cc1cccc(C(=O)Cc2cn3ccsc3n2)c1F. The van der Waals surface area contributed by atoms with Gasteiger partial charge in [0.2, 0.25) is 0 Å². The Morgan fingerprint density at radius 2 is 2.32 bits per heavy atom. The number of ketones is 1. The Kier molecular flexibility index (Phi) is 2.91. The zero-order valence-corrected chi connectivity index (χ0v) is 11.1. The topological polar surface area (TPSA) is 34.4 Å². The van der Waals surface area contributed by atoms with Crippen molar-refractivity contribution in [2.24, 2.45) is 0 Å². The maximum Gasteiger partial charge on any atom is 0.193 e. The molecule has 5 heteroatoms. The molecule has 0 atom stereocenters. The van der Waals surface area contributed by atoms with Crippen LogP contribution in [0.2, 0.25) is 0 Å². The number of hydrogen-bond acceptors (Lipinski definition) is 3. The zero-order chi connectivity index (χ0) is 13.4. The van der Waals surface area contributed by atoms with E-state index in [-0.39, 0.29) is 17.8 Å². The summed E-state index contributed by atoms with van der Waals surface area (Å²) in [5, 5.41) is 1.92. The van der Waals surface area contributed by atoms with Crippen LogP contribution in [0.4, 0.5) is 4.39 Å². The van der Waals surface area contributed by atoms with Crippen molar-refractivity contribution in [2.75, 3.05) is 0 Å². The van der Waals surface area contributed by atoms with Gasteiger partial charge in [0.1, 0.15) is 5.82 Å². The van der Waals surface area contributed by atoms with Crippen LogP contribution in [0, 0.1) is 12.7 Å². The Hall–Kier alpha value is -2.01. The number of benzene rings is 1. The third-order valence-electron chi connectivity index (χ3n) is 2.98. The number of fused-ring (bicyclic) bond motifs is 1. The number of Topliss-reactive ketones (excluding diaryl/α,β-unsaturated/α-hetero) is 1. The minimum absolute atomic E-state index is 0.120. The van der Waals surface area contributed by atoms with Gasteiger partial charge >= 0.3 is 0 Å². The van der Waals surface area contributed by atoms with Gasteiger partial charge in [-0.1, -0.05) is 12.1 Å². The standard InChI is InChI=1S/C14H11FN2OS/c1-9-3-2-4-11(13(9)15)12(18)7-10-8-17-5-6-19-14(17)16-10/h2-6,8H,7H2,1H3. The minimum Gasteiger partial charge on any atom is -0.297 e. The largest absolute Gasteiger partial charge is 0.297 e. The molecular formula is C14H11FN2OS. The summed E-state index contributed by atoms with van der Waals surface area (Å²) in [5.41, 5.74) is 1.28. The van der Waals surface area contributed by atoms with Crippen LogP contribution >= 0.6 is 11.3 Å². The van der Waals surface area contributed by atoms with Crippen molar-refractivity contribution in [3.8, 4) is 0 Å². The van der Waals surface area contributed by atoms with E-state index in [4.69, 9.17) is 0 Å². The number of aryl methyl sites for hydroxylation is 1. The van der Waals surface area contributed by atoms with Gasteiger partial charge in [-0.15, -0.1) is 11.3 Å². The first-order valence-corrected chi connectivity index (χ1v) is 6.72. The first kappa shape index (κ1) is 12.0. The Morgan fingerprint density at radius 1 is 1.47 bits per heavy atom. The van der Waals surface area contributed by atoms with E-state index in [1.807, 2.05) is 16.0 Å². The first-order chi connectivity index (χ1) is 9.15. The first-order valence-electron chi connectivity index (χ1n) is 5.84. The summed E-state index contributed by atoms with van der Waals surface area (Å²) < 4.78 is 15.7. The van der Waals surface area contributed by atoms with Crippen LogP contribution in [0.25, 0.3) is 4.96 Å². The Labute approximate surface area is 113 Å². The quantitative estimate of drug-likeness (QED) is 0.687. The monoisotopic (exact) mass is 274 g/mol. The van der Waals surface area contributed by atoms with Gasteiger partial charge in [0.25, 0.3) is 0 Å². The molecule has 3 aromatic rings. The van der Waals surface area contributed by atoms with E-state index in [1.165, 1.54) is 17.4 Å². The highest BCUT2D eigenvalue weighted by atomic mass is 32.1. The number of carbonyl (C=O) groups is 1. The lowest BCUT2D eigenvalue weighted by Crippen LogP contribution is -2.07. The van der Waals surface area contributed by atoms with E-state index >= 15 is 0 Å². The maximum absolute atomic E-state index is 13.9. The number of nitrogens with zero attached hydrogens (tertiary/aromatic N) is 2. The second kappa shape index (κ2) is 4.59. The summed E-state index contributed by atoms with van der Waals surface area (Å²) in [5.74, 6) is -0.680.